The van der Waals surface area contributed by atoms with E-state index in [9.17, 15) is 14.0 Å². The molecule has 0 bridgehead atoms. The van der Waals surface area contributed by atoms with Crippen LogP contribution in [-0.4, -0.2) is 65.8 Å². The summed E-state index contributed by atoms with van der Waals surface area (Å²) in [6, 6.07) is 3.84. The van der Waals surface area contributed by atoms with Crippen LogP contribution in [0.2, 0.25) is 0 Å². The smallest absolute Gasteiger partial charge is 0.410 e. The van der Waals surface area contributed by atoms with E-state index in [1.54, 1.807) is 40.0 Å². The molecule has 10 nitrogen and oxygen atoms in total. The summed E-state index contributed by atoms with van der Waals surface area (Å²) in [5, 5.41) is 9.06. The van der Waals surface area contributed by atoms with Crippen molar-refractivity contribution in [3.8, 4) is 17.6 Å². The van der Waals surface area contributed by atoms with Gasteiger partial charge in [0.15, 0.2) is 11.6 Å². The number of nitrogens with zero attached hydrogens (tertiary/aromatic N) is 3. The molecule has 212 valence electrons. The highest BCUT2D eigenvalue weighted by atomic mass is 19.1. The van der Waals surface area contributed by atoms with Crippen molar-refractivity contribution in [1.82, 2.24) is 20.2 Å². The van der Waals surface area contributed by atoms with Gasteiger partial charge in [0.2, 0.25) is 11.9 Å². The summed E-state index contributed by atoms with van der Waals surface area (Å²) in [7, 11) is 2.94. The van der Waals surface area contributed by atoms with Crippen LogP contribution in [0.1, 0.15) is 59.4 Å². The van der Waals surface area contributed by atoms with Gasteiger partial charge in [-0.2, -0.15) is 4.98 Å². The molecule has 0 spiro atoms. The van der Waals surface area contributed by atoms with Gasteiger partial charge < -0.3 is 25.4 Å². The lowest BCUT2D eigenvalue weighted by Crippen LogP contribution is -2.47. The monoisotopic (exact) mass is 542 g/mol. The van der Waals surface area contributed by atoms with Gasteiger partial charge in [0.1, 0.15) is 17.5 Å². The van der Waals surface area contributed by atoms with E-state index in [1.807, 2.05) is 6.92 Å². The third kappa shape index (κ3) is 10.3. The molecule has 0 aliphatic carbocycles. The Hall–Kier alpha value is -4.07. The molecule has 0 aliphatic heterocycles. The maximum absolute atomic E-state index is 14.0. The lowest BCUT2D eigenvalue weighted by molar-refractivity contribution is -0.125. The Bertz CT molecular complexity index is 1190. The molecule has 0 saturated carbocycles. The highest BCUT2D eigenvalue weighted by Crippen LogP contribution is 2.23. The Kier molecular flexibility index (Phi) is 11.8. The summed E-state index contributed by atoms with van der Waals surface area (Å²) in [4.78, 5) is 34.7. The Balaban J connectivity index is 1.93. The minimum absolute atomic E-state index is 0.152. The molecule has 2 rings (SSSR count). The van der Waals surface area contributed by atoms with Crippen molar-refractivity contribution in [3.05, 3.63) is 35.8 Å². The predicted molar refractivity (Wildman–Crippen MR) is 150 cm³/mol. The average molecular weight is 543 g/mol. The zero-order valence-corrected chi connectivity index (χ0v) is 23.8. The van der Waals surface area contributed by atoms with E-state index in [0.29, 0.717) is 48.9 Å². The minimum Gasteiger partial charge on any atom is -0.494 e. The Labute approximate surface area is 230 Å². The van der Waals surface area contributed by atoms with E-state index in [-0.39, 0.29) is 11.7 Å². The Morgan fingerprint density at radius 3 is 2.62 bits per heavy atom. The number of hydrogen-bond acceptors (Lipinski definition) is 8. The topological polar surface area (TPSA) is 118 Å². The van der Waals surface area contributed by atoms with Crippen LogP contribution >= 0.6 is 0 Å². The van der Waals surface area contributed by atoms with Gasteiger partial charge in [-0.3, -0.25) is 9.69 Å². The first-order valence-corrected chi connectivity index (χ1v) is 12.9. The highest BCUT2D eigenvalue weighted by molar-refractivity contribution is 5.85. The molecule has 0 saturated heterocycles. The van der Waals surface area contributed by atoms with E-state index >= 15 is 0 Å². The largest absolute Gasteiger partial charge is 0.494 e. The van der Waals surface area contributed by atoms with Crippen LogP contribution in [0.3, 0.4) is 0 Å². The van der Waals surface area contributed by atoms with Crippen LogP contribution in [-0.2, 0) is 9.53 Å². The second-order valence-electron chi connectivity index (χ2n) is 9.82. The fourth-order valence-corrected chi connectivity index (χ4v) is 3.15. The van der Waals surface area contributed by atoms with E-state index < -0.39 is 23.6 Å². The summed E-state index contributed by atoms with van der Waals surface area (Å²) in [6.45, 7) is 10.1. The molecule has 0 unspecified atom stereocenters. The number of benzene rings is 1. The van der Waals surface area contributed by atoms with E-state index in [2.05, 4.69) is 37.8 Å². The molecule has 3 N–H and O–H groups in total. The summed E-state index contributed by atoms with van der Waals surface area (Å²) in [5.74, 6) is 6.44. The Morgan fingerprint density at radius 1 is 1.23 bits per heavy atom. The maximum Gasteiger partial charge on any atom is 0.410 e. The number of likely N-dealkylation sites (N-methyl/N-ethyl adjacent to an activating group) is 1. The van der Waals surface area contributed by atoms with Crippen LogP contribution in [0, 0.1) is 17.7 Å². The summed E-state index contributed by atoms with van der Waals surface area (Å²) in [5.41, 5.74) is 0.484. The average Bonchev–Trinajstić information content (AvgIpc) is 2.88. The number of ether oxygens (including phenoxy) is 2. The third-order valence-corrected chi connectivity index (χ3v) is 5.38. The van der Waals surface area contributed by atoms with Crippen LogP contribution in [0.4, 0.5) is 26.6 Å². The number of unbranched alkanes of at least 4 members (excludes halogenated alkanes) is 1. The van der Waals surface area contributed by atoms with Crippen molar-refractivity contribution < 1.29 is 23.5 Å². The van der Waals surface area contributed by atoms with Gasteiger partial charge in [-0.05, 0) is 52.7 Å². The SMILES string of the molecule is CCCNc1nc(Nc2ccc(OC)c(F)c2)ncc1C#CCCCNC(=O)[C@H](C)N(C)C(=O)OC(C)(C)C. The first-order chi connectivity index (χ1) is 18.4. The van der Waals surface area contributed by atoms with Gasteiger partial charge in [-0.1, -0.05) is 18.8 Å². The molecule has 39 heavy (non-hydrogen) atoms. The quantitative estimate of drug-likeness (QED) is 0.276. The fourth-order valence-electron chi connectivity index (χ4n) is 3.15. The van der Waals surface area contributed by atoms with E-state index in [0.717, 1.165) is 6.42 Å². The van der Waals surface area contributed by atoms with Gasteiger partial charge in [-0.25, -0.2) is 14.2 Å². The van der Waals surface area contributed by atoms with Crippen LogP contribution in [0.25, 0.3) is 0 Å². The van der Waals surface area contributed by atoms with Gasteiger partial charge in [0, 0.05) is 38.3 Å². The van der Waals surface area contributed by atoms with Crippen LogP contribution < -0.4 is 20.7 Å². The van der Waals surface area contributed by atoms with Crippen LogP contribution in [0.5, 0.6) is 5.75 Å². The van der Waals surface area contributed by atoms with Crippen molar-refractivity contribution in [2.45, 2.75) is 65.5 Å². The number of rotatable bonds is 11. The molecule has 1 heterocycles. The van der Waals surface area contributed by atoms with Crippen LogP contribution in [0.15, 0.2) is 24.4 Å². The summed E-state index contributed by atoms with van der Waals surface area (Å²) >= 11 is 0. The summed E-state index contributed by atoms with van der Waals surface area (Å²) < 4.78 is 24.3. The van der Waals surface area contributed by atoms with Gasteiger partial charge in [-0.15, -0.1) is 0 Å². The third-order valence-electron chi connectivity index (χ3n) is 5.38. The van der Waals surface area contributed by atoms with E-state index in [4.69, 9.17) is 9.47 Å². The number of hydrogen-bond donors (Lipinski definition) is 3. The molecule has 2 aromatic rings. The van der Waals surface area contributed by atoms with Gasteiger partial charge in [0.05, 0.1) is 18.9 Å². The number of amides is 2. The number of carbonyl (C=O) groups excluding carboxylic acids is 2. The van der Waals surface area contributed by atoms with Crippen molar-refractivity contribution in [3.63, 3.8) is 0 Å². The summed E-state index contributed by atoms with van der Waals surface area (Å²) in [6.07, 6.45) is 3.11. The highest BCUT2D eigenvalue weighted by Gasteiger charge is 2.26. The second kappa shape index (κ2) is 14.8. The molecular weight excluding hydrogens is 503 g/mol. The number of aromatic nitrogens is 2. The number of anilines is 3. The standard InChI is InChI=1S/C28H39FN6O4/c1-8-15-30-24-20(18-32-26(34-24)33-21-13-14-23(38-7)22(29)17-21)12-10-9-11-16-31-25(36)19(2)35(6)27(37)39-28(3,4)5/h13-14,17-19H,8-9,11,15-16H2,1-7H3,(H,31,36)(H2,30,32,33,34)/t19-/m0/s1. The molecule has 11 heteroatoms. The number of halogens is 1. The van der Waals surface area contributed by atoms with Gasteiger partial charge >= 0.3 is 6.09 Å². The fraction of sp³-hybridized carbons (Fsp3) is 0.500. The predicted octanol–water partition coefficient (Wildman–Crippen LogP) is 4.69. The molecule has 0 radical (unpaired) electrons. The number of methoxy groups -OCH3 is 1. The normalized spacial score (nSPS) is 11.5. The molecule has 0 aliphatic rings. The minimum atomic E-state index is -0.670. The first-order valence-electron chi connectivity index (χ1n) is 12.9. The molecule has 0 fully saturated rings. The van der Waals surface area contributed by atoms with Crippen molar-refractivity contribution >= 4 is 29.5 Å². The zero-order valence-electron chi connectivity index (χ0n) is 23.8. The van der Waals surface area contributed by atoms with Crippen molar-refractivity contribution in [2.75, 3.05) is 37.9 Å². The Morgan fingerprint density at radius 2 is 1.97 bits per heavy atom. The number of nitrogens with one attached hydrogen (secondary N) is 3. The lowest BCUT2D eigenvalue weighted by Gasteiger charge is -2.28. The molecule has 1 aromatic carbocycles. The first kappa shape index (κ1) is 31.1. The second-order valence-corrected chi connectivity index (χ2v) is 9.82. The van der Waals surface area contributed by atoms with Gasteiger partial charge in [0.25, 0.3) is 0 Å². The lowest BCUT2D eigenvalue weighted by atomic mass is 10.2. The number of carbonyl (C=O) groups is 2. The molecule has 1 atom stereocenters. The van der Waals surface area contributed by atoms with E-state index in [1.165, 1.54) is 31.2 Å². The molecular formula is C28H39FN6O4. The maximum atomic E-state index is 14.0. The van der Waals surface area contributed by atoms with Crippen molar-refractivity contribution in [1.29, 1.82) is 0 Å². The molecule has 1 aromatic heterocycles. The molecule has 2 amide bonds. The van der Waals surface area contributed by atoms with Crippen molar-refractivity contribution in [2.24, 2.45) is 0 Å². The zero-order chi connectivity index (χ0) is 29.0.